The molecule has 1 amide bonds. The van der Waals surface area contributed by atoms with Gasteiger partial charge in [0.2, 0.25) is 5.91 Å². The number of ether oxygens (including phenoxy) is 2. The molecule has 1 unspecified atom stereocenters. The van der Waals surface area contributed by atoms with E-state index in [-0.39, 0.29) is 13.2 Å². The highest BCUT2D eigenvalue weighted by molar-refractivity contribution is 6.30. The Bertz CT molecular complexity index is 433. The van der Waals surface area contributed by atoms with Gasteiger partial charge in [0.15, 0.2) is 0 Å². The van der Waals surface area contributed by atoms with E-state index in [4.69, 9.17) is 21.1 Å². The lowest BCUT2D eigenvalue weighted by Gasteiger charge is -2.11. The van der Waals surface area contributed by atoms with E-state index in [2.05, 4.69) is 5.32 Å². The van der Waals surface area contributed by atoms with Gasteiger partial charge in [-0.05, 0) is 24.6 Å². The van der Waals surface area contributed by atoms with Crippen LogP contribution in [0.1, 0.15) is 17.9 Å². The van der Waals surface area contributed by atoms with E-state index in [0.717, 1.165) is 0 Å². The van der Waals surface area contributed by atoms with Gasteiger partial charge in [0.1, 0.15) is 17.7 Å². The first-order valence-electron chi connectivity index (χ1n) is 5.79. The zero-order valence-corrected chi connectivity index (χ0v) is 11.6. The average Bonchev–Trinajstić information content (AvgIpc) is 2.44. The Balaban J connectivity index is 2.53. The molecule has 1 atom stereocenters. The van der Waals surface area contributed by atoms with Crippen molar-refractivity contribution in [2.45, 2.75) is 12.3 Å². The highest BCUT2D eigenvalue weighted by Crippen LogP contribution is 2.22. The maximum Gasteiger partial charge on any atom is 0.325 e. The number of methoxy groups -OCH3 is 1. The Labute approximate surface area is 116 Å². The highest BCUT2D eigenvalue weighted by Gasteiger charge is 2.18. The number of amides is 1. The van der Waals surface area contributed by atoms with Gasteiger partial charge in [0.05, 0.1) is 13.7 Å². The van der Waals surface area contributed by atoms with Crippen LogP contribution in [0.4, 0.5) is 0 Å². The van der Waals surface area contributed by atoms with Crippen molar-refractivity contribution in [1.82, 2.24) is 5.32 Å². The molecule has 104 valence electrons. The quantitative estimate of drug-likeness (QED) is 0.638. The standard InChI is InChI=1S/C13H16ClNO4/c1-3-19-11(16)8-15-13(17)12(14)9-4-6-10(18-2)7-5-9/h4-7,12H,3,8H2,1-2H3,(H,15,17). The number of carbonyl (C=O) groups is 2. The van der Waals surface area contributed by atoms with Crippen LogP contribution >= 0.6 is 11.6 Å². The van der Waals surface area contributed by atoms with Gasteiger partial charge in [-0.1, -0.05) is 12.1 Å². The summed E-state index contributed by atoms with van der Waals surface area (Å²) in [6.07, 6.45) is 0. The smallest absolute Gasteiger partial charge is 0.325 e. The van der Waals surface area contributed by atoms with Gasteiger partial charge in [0, 0.05) is 0 Å². The van der Waals surface area contributed by atoms with Crippen LogP contribution in [-0.4, -0.2) is 32.1 Å². The van der Waals surface area contributed by atoms with Gasteiger partial charge in [-0.15, -0.1) is 11.6 Å². The molecule has 0 radical (unpaired) electrons. The Hall–Kier alpha value is -1.75. The summed E-state index contributed by atoms with van der Waals surface area (Å²) in [7, 11) is 1.55. The number of hydrogen-bond acceptors (Lipinski definition) is 4. The van der Waals surface area contributed by atoms with E-state index in [1.54, 1.807) is 38.3 Å². The second kappa shape index (κ2) is 7.63. The third-order valence-corrected chi connectivity index (χ3v) is 2.80. The SMILES string of the molecule is CCOC(=O)CNC(=O)C(Cl)c1ccc(OC)cc1. The van der Waals surface area contributed by atoms with Gasteiger partial charge in [-0.2, -0.15) is 0 Å². The number of nitrogens with one attached hydrogen (secondary N) is 1. The summed E-state index contributed by atoms with van der Waals surface area (Å²) < 4.78 is 9.71. The molecule has 6 heteroatoms. The minimum absolute atomic E-state index is 0.188. The number of rotatable bonds is 6. The Kier molecular flexibility index (Phi) is 6.15. The molecule has 19 heavy (non-hydrogen) atoms. The summed E-state index contributed by atoms with van der Waals surface area (Å²) in [5, 5.41) is 1.56. The minimum Gasteiger partial charge on any atom is -0.497 e. The summed E-state index contributed by atoms with van der Waals surface area (Å²) >= 11 is 6.01. The van der Waals surface area contributed by atoms with Crippen molar-refractivity contribution in [3.8, 4) is 5.75 Å². The molecule has 0 aliphatic carbocycles. The number of alkyl halides is 1. The normalized spacial score (nSPS) is 11.5. The van der Waals surface area contributed by atoms with E-state index >= 15 is 0 Å². The summed E-state index contributed by atoms with van der Waals surface area (Å²) in [5.41, 5.74) is 0.629. The van der Waals surface area contributed by atoms with Gasteiger partial charge in [-0.25, -0.2) is 0 Å². The van der Waals surface area contributed by atoms with Crippen LogP contribution < -0.4 is 10.1 Å². The zero-order valence-electron chi connectivity index (χ0n) is 10.8. The second-order valence-electron chi connectivity index (χ2n) is 3.66. The van der Waals surface area contributed by atoms with Crippen molar-refractivity contribution < 1.29 is 19.1 Å². The third-order valence-electron chi connectivity index (χ3n) is 2.35. The Morgan fingerprint density at radius 1 is 1.32 bits per heavy atom. The molecule has 1 N–H and O–H groups in total. The van der Waals surface area contributed by atoms with Gasteiger partial charge >= 0.3 is 5.97 Å². The molecule has 0 aliphatic heterocycles. The molecule has 0 bridgehead atoms. The van der Waals surface area contributed by atoms with Gasteiger partial charge in [-0.3, -0.25) is 9.59 Å². The van der Waals surface area contributed by atoms with Crippen LogP contribution in [-0.2, 0) is 14.3 Å². The molecule has 0 saturated heterocycles. The lowest BCUT2D eigenvalue weighted by Crippen LogP contribution is -2.32. The monoisotopic (exact) mass is 285 g/mol. The Morgan fingerprint density at radius 3 is 2.47 bits per heavy atom. The summed E-state index contributed by atoms with van der Waals surface area (Å²) in [5.74, 6) is -0.256. The summed E-state index contributed by atoms with van der Waals surface area (Å²) in [6.45, 7) is 1.78. The maximum absolute atomic E-state index is 11.7. The third kappa shape index (κ3) is 4.79. The molecule has 1 aromatic rings. The first kappa shape index (κ1) is 15.3. The Morgan fingerprint density at radius 2 is 1.95 bits per heavy atom. The number of halogens is 1. The number of hydrogen-bond donors (Lipinski definition) is 1. The van der Waals surface area contributed by atoms with E-state index < -0.39 is 17.3 Å². The molecule has 0 fully saturated rings. The molecule has 0 spiro atoms. The lowest BCUT2D eigenvalue weighted by molar-refractivity contribution is -0.143. The minimum atomic E-state index is -0.861. The lowest BCUT2D eigenvalue weighted by atomic mass is 10.1. The summed E-state index contributed by atoms with van der Waals surface area (Å²) in [4.78, 5) is 22.8. The fourth-order valence-corrected chi connectivity index (χ4v) is 1.61. The molecular formula is C13H16ClNO4. The van der Waals surface area contributed by atoms with E-state index in [9.17, 15) is 9.59 Å². The van der Waals surface area contributed by atoms with E-state index in [0.29, 0.717) is 11.3 Å². The van der Waals surface area contributed by atoms with Crippen LogP contribution in [0.3, 0.4) is 0 Å². The molecule has 0 heterocycles. The van der Waals surface area contributed by atoms with Crippen molar-refractivity contribution in [1.29, 1.82) is 0 Å². The molecule has 0 saturated carbocycles. The molecule has 1 rings (SSSR count). The number of carbonyl (C=O) groups excluding carboxylic acids is 2. The first-order valence-corrected chi connectivity index (χ1v) is 6.23. The summed E-state index contributed by atoms with van der Waals surface area (Å²) in [6, 6.07) is 6.81. The topological polar surface area (TPSA) is 64.6 Å². The van der Waals surface area contributed by atoms with Crippen LogP contribution in [0.15, 0.2) is 24.3 Å². The van der Waals surface area contributed by atoms with Crippen LogP contribution in [0, 0.1) is 0 Å². The molecule has 0 aromatic heterocycles. The van der Waals surface area contributed by atoms with Crippen molar-refractivity contribution >= 4 is 23.5 Å². The maximum atomic E-state index is 11.7. The zero-order chi connectivity index (χ0) is 14.3. The average molecular weight is 286 g/mol. The van der Waals surface area contributed by atoms with Gasteiger partial charge < -0.3 is 14.8 Å². The van der Waals surface area contributed by atoms with Crippen molar-refractivity contribution in [2.24, 2.45) is 0 Å². The van der Waals surface area contributed by atoms with Crippen LogP contribution in [0.5, 0.6) is 5.75 Å². The molecule has 5 nitrogen and oxygen atoms in total. The van der Waals surface area contributed by atoms with Crippen molar-refractivity contribution in [3.63, 3.8) is 0 Å². The van der Waals surface area contributed by atoms with Gasteiger partial charge in [0.25, 0.3) is 0 Å². The molecular weight excluding hydrogens is 270 g/mol. The number of benzene rings is 1. The fraction of sp³-hybridized carbons (Fsp3) is 0.385. The fourth-order valence-electron chi connectivity index (χ4n) is 1.39. The predicted octanol–water partition coefficient (Wildman–Crippen LogP) is 1.65. The van der Waals surface area contributed by atoms with Crippen LogP contribution in [0.25, 0.3) is 0 Å². The first-order chi connectivity index (χ1) is 9.08. The highest BCUT2D eigenvalue weighted by atomic mass is 35.5. The molecule has 1 aromatic carbocycles. The van der Waals surface area contributed by atoms with E-state index in [1.807, 2.05) is 0 Å². The number of esters is 1. The largest absolute Gasteiger partial charge is 0.497 e. The van der Waals surface area contributed by atoms with Crippen molar-refractivity contribution in [2.75, 3.05) is 20.3 Å². The predicted molar refractivity (Wildman–Crippen MR) is 71.2 cm³/mol. The van der Waals surface area contributed by atoms with Crippen LogP contribution in [0.2, 0.25) is 0 Å². The second-order valence-corrected chi connectivity index (χ2v) is 4.09. The molecule has 0 aliphatic rings. The van der Waals surface area contributed by atoms with E-state index in [1.165, 1.54) is 0 Å². The van der Waals surface area contributed by atoms with Crippen molar-refractivity contribution in [3.05, 3.63) is 29.8 Å².